The zero-order chi connectivity index (χ0) is 14.8. The van der Waals surface area contributed by atoms with Gasteiger partial charge >= 0.3 is 0 Å². The largest absolute Gasteiger partial charge is 0.383 e. The molecular weight excluding hydrogens is 292 g/mol. The Labute approximate surface area is 129 Å². The van der Waals surface area contributed by atoms with Crippen LogP contribution in [0.3, 0.4) is 0 Å². The second-order valence-corrected chi connectivity index (χ2v) is 6.06. The van der Waals surface area contributed by atoms with E-state index in [9.17, 15) is 4.79 Å². The highest BCUT2D eigenvalue weighted by molar-refractivity contribution is 6.32. The Morgan fingerprint density at radius 1 is 1.48 bits per heavy atom. The Morgan fingerprint density at radius 3 is 3.14 bits per heavy atom. The van der Waals surface area contributed by atoms with Crippen molar-refractivity contribution in [1.29, 1.82) is 0 Å². The van der Waals surface area contributed by atoms with Crippen LogP contribution in [-0.4, -0.2) is 53.6 Å². The lowest BCUT2D eigenvalue weighted by Crippen LogP contribution is -2.35. The van der Waals surface area contributed by atoms with Crippen LogP contribution in [0.1, 0.15) is 19.3 Å². The fraction of sp³-hybridized carbons (Fsp3) is 0.714. The first-order valence-corrected chi connectivity index (χ1v) is 7.83. The maximum atomic E-state index is 12.2. The van der Waals surface area contributed by atoms with Gasteiger partial charge in [-0.05, 0) is 25.8 Å². The van der Waals surface area contributed by atoms with Crippen molar-refractivity contribution >= 4 is 17.3 Å². The van der Waals surface area contributed by atoms with Crippen molar-refractivity contribution in [1.82, 2.24) is 14.7 Å². The van der Waals surface area contributed by atoms with Gasteiger partial charge in [0.05, 0.1) is 25.0 Å². The summed E-state index contributed by atoms with van der Waals surface area (Å²) in [6, 6.07) is 0.929. The molecule has 2 atom stereocenters. The predicted molar refractivity (Wildman–Crippen MR) is 82.0 cm³/mol. The fourth-order valence-electron chi connectivity index (χ4n) is 3.35. The van der Waals surface area contributed by atoms with E-state index in [0.29, 0.717) is 30.9 Å². The number of rotatable bonds is 5. The van der Waals surface area contributed by atoms with Crippen LogP contribution in [0.25, 0.3) is 0 Å². The number of hydrogen-bond donors (Lipinski definition) is 1. The molecule has 2 unspecified atom stereocenters. The molecule has 1 aromatic heterocycles. The molecule has 3 heterocycles. The maximum absolute atomic E-state index is 12.2. The summed E-state index contributed by atoms with van der Waals surface area (Å²) in [6.45, 7) is 3.16. The van der Waals surface area contributed by atoms with Gasteiger partial charge in [-0.25, -0.2) is 4.68 Å². The molecule has 6 nitrogen and oxygen atoms in total. The third-order valence-corrected chi connectivity index (χ3v) is 4.80. The van der Waals surface area contributed by atoms with Crippen molar-refractivity contribution in [3.8, 4) is 0 Å². The van der Waals surface area contributed by atoms with Crippen molar-refractivity contribution in [2.24, 2.45) is 0 Å². The molecule has 2 fully saturated rings. The van der Waals surface area contributed by atoms with Crippen LogP contribution in [0.15, 0.2) is 11.0 Å². The lowest BCUT2D eigenvalue weighted by atomic mass is 10.1. The summed E-state index contributed by atoms with van der Waals surface area (Å²) >= 11 is 6.21. The maximum Gasteiger partial charge on any atom is 0.287 e. The van der Waals surface area contributed by atoms with Crippen molar-refractivity contribution in [3.05, 3.63) is 21.6 Å². The topological polar surface area (TPSA) is 59.4 Å². The van der Waals surface area contributed by atoms with E-state index in [1.54, 1.807) is 13.3 Å². The Kier molecular flexibility index (Phi) is 4.47. The van der Waals surface area contributed by atoms with Gasteiger partial charge in [0.2, 0.25) is 0 Å². The summed E-state index contributed by atoms with van der Waals surface area (Å²) < 4.78 is 6.30. The van der Waals surface area contributed by atoms with Crippen LogP contribution in [-0.2, 0) is 11.3 Å². The zero-order valence-corrected chi connectivity index (χ0v) is 13.0. The van der Waals surface area contributed by atoms with Crippen molar-refractivity contribution in [3.63, 3.8) is 0 Å². The average molecular weight is 313 g/mol. The number of ether oxygens (including phenoxy) is 1. The lowest BCUT2D eigenvalue weighted by Gasteiger charge is -2.22. The molecule has 0 spiro atoms. The Balaban J connectivity index is 1.74. The minimum absolute atomic E-state index is 0.220. The number of nitrogens with zero attached hydrogens (tertiary/aromatic N) is 3. The number of nitrogens with one attached hydrogen (secondary N) is 1. The second-order valence-electron chi connectivity index (χ2n) is 5.68. The van der Waals surface area contributed by atoms with Gasteiger partial charge in [-0.3, -0.25) is 9.69 Å². The molecule has 0 amide bonds. The summed E-state index contributed by atoms with van der Waals surface area (Å²) in [7, 11) is 1.59. The predicted octanol–water partition coefficient (Wildman–Crippen LogP) is 1.19. The van der Waals surface area contributed by atoms with Crippen LogP contribution in [0.4, 0.5) is 5.69 Å². The van der Waals surface area contributed by atoms with Gasteiger partial charge in [0, 0.05) is 25.7 Å². The van der Waals surface area contributed by atoms with Gasteiger partial charge in [-0.1, -0.05) is 11.6 Å². The van der Waals surface area contributed by atoms with E-state index in [2.05, 4.69) is 15.3 Å². The first-order valence-electron chi connectivity index (χ1n) is 7.46. The van der Waals surface area contributed by atoms with Crippen molar-refractivity contribution in [2.75, 3.05) is 32.1 Å². The molecule has 2 aliphatic rings. The summed E-state index contributed by atoms with van der Waals surface area (Å²) in [5.74, 6) is 0. The van der Waals surface area contributed by atoms with E-state index in [1.165, 1.54) is 24.1 Å². The Morgan fingerprint density at radius 2 is 2.33 bits per heavy atom. The molecule has 0 aliphatic carbocycles. The quantitative estimate of drug-likeness (QED) is 0.885. The van der Waals surface area contributed by atoms with Crippen LogP contribution in [0.5, 0.6) is 0 Å². The van der Waals surface area contributed by atoms with Crippen LogP contribution >= 0.6 is 11.6 Å². The molecule has 7 heteroatoms. The van der Waals surface area contributed by atoms with E-state index in [-0.39, 0.29) is 10.6 Å². The highest BCUT2D eigenvalue weighted by Gasteiger charge is 2.37. The molecule has 21 heavy (non-hydrogen) atoms. The summed E-state index contributed by atoms with van der Waals surface area (Å²) in [5, 5.41) is 7.81. The van der Waals surface area contributed by atoms with Gasteiger partial charge in [0.25, 0.3) is 5.56 Å². The number of anilines is 1. The molecule has 3 rings (SSSR count). The normalized spacial score (nSPS) is 25.2. The van der Waals surface area contributed by atoms with E-state index >= 15 is 0 Å². The third kappa shape index (κ3) is 2.93. The zero-order valence-electron chi connectivity index (χ0n) is 12.2. The van der Waals surface area contributed by atoms with E-state index in [1.807, 2.05) is 0 Å². The molecule has 0 bridgehead atoms. The first-order chi connectivity index (χ1) is 10.2. The molecule has 1 N–H and O–H groups in total. The number of methoxy groups -OCH3 is 1. The van der Waals surface area contributed by atoms with E-state index in [0.717, 1.165) is 13.0 Å². The highest BCUT2D eigenvalue weighted by Crippen LogP contribution is 2.30. The standard InChI is InChI=1S/C14H21ClN4O2/c1-21-8-7-19-14(20)13(15)11(9-16-19)17-10-4-6-18-5-2-3-12(10)18/h9-10,12,17H,2-8H2,1H3. The summed E-state index contributed by atoms with van der Waals surface area (Å²) in [5.41, 5.74) is 0.383. The van der Waals surface area contributed by atoms with Crippen LogP contribution in [0.2, 0.25) is 5.02 Å². The number of halogens is 1. The molecule has 116 valence electrons. The van der Waals surface area contributed by atoms with E-state index < -0.39 is 0 Å². The SMILES string of the molecule is COCCn1ncc(NC2CCN3CCCC23)c(Cl)c1=O. The molecule has 1 aromatic rings. The fourth-order valence-corrected chi connectivity index (χ4v) is 3.55. The Hall–Kier alpha value is -1.11. The van der Waals surface area contributed by atoms with Crippen LogP contribution in [0, 0.1) is 0 Å². The molecule has 2 aliphatic heterocycles. The van der Waals surface area contributed by atoms with Gasteiger partial charge in [-0.2, -0.15) is 5.10 Å². The van der Waals surface area contributed by atoms with Crippen LogP contribution < -0.4 is 10.9 Å². The van der Waals surface area contributed by atoms with Gasteiger partial charge < -0.3 is 10.1 Å². The smallest absolute Gasteiger partial charge is 0.287 e. The van der Waals surface area contributed by atoms with Crippen molar-refractivity contribution in [2.45, 2.75) is 37.9 Å². The van der Waals surface area contributed by atoms with Gasteiger partial charge in [0.15, 0.2) is 0 Å². The summed E-state index contributed by atoms with van der Waals surface area (Å²) in [6.07, 6.45) is 5.21. The minimum atomic E-state index is -0.264. The number of hydrogen-bond acceptors (Lipinski definition) is 5. The molecule has 0 aromatic carbocycles. The second kappa shape index (κ2) is 6.34. The first kappa shape index (κ1) is 14.8. The van der Waals surface area contributed by atoms with E-state index in [4.69, 9.17) is 16.3 Å². The monoisotopic (exact) mass is 312 g/mol. The van der Waals surface area contributed by atoms with Crippen molar-refractivity contribution < 1.29 is 4.74 Å². The van der Waals surface area contributed by atoms with Gasteiger partial charge in [0.1, 0.15) is 5.02 Å². The average Bonchev–Trinajstić information content (AvgIpc) is 3.08. The molecule has 0 saturated carbocycles. The summed E-state index contributed by atoms with van der Waals surface area (Å²) in [4.78, 5) is 14.7. The molecular formula is C14H21ClN4O2. The number of aromatic nitrogens is 2. The molecule has 0 radical (unpaired) electrons. The third-order valence-electron chi connectivity index (χ3n) is 4.44. The lowest BCUT2D eigenvalue weighted by molar-refractivity contribution is 0.182. The molecule has 2 saturated heterocycles. The highest BCUT2D eigenvalue weighted by atomic mass is 35.5. The Bertz CT molecular complexity index is 562. The van der Waals surface area contributed by atoms with Gasteiger partial charge in [-0.15, -0.1) is 0 Å². The minimum Gasteiger partial charge on any atom is -0.383 e. The number of fused-ring (bicyclic) bond motifs is 1.